The van der Waals surface area contributed by atoms with E-state index in [4.69, 9.17) is 15.2 Å². The summed E-state index contributed by atoms with van der Waals surface area (Å²) in [5.41, 5.74) is 6.39. The highest BCUT2D eigenvalue weighted by Gasteiger charge is 2.23. The van der Waals surface area contributed by atoms with Gasteiger partial charge in [-0.2, -0.15) is 0 Å². The summed E-state index contributed by atoms with van der Waals surface area (Å²) in [6.07, 6.45) is 2.14. The SMILES string of the molecule is CCCCNc1sc(C(=O)OCC)c(N)c1OC(C)C. The van der Waals surface area contributed by atoms with E-state index in [9.17, 15) is 4.79 Å². The van der Waals surface area contributed by atoms with Crippen LogP contribution in [0.25, 0.3) is 0 Å². The Kier molecular flexibility index (Phi) is 6.64. The lowest BCUT2D eigenvalue weighted by atomic mass is 10.3. The van der Waals surface area contributed by atoms with Crippen molar-refractivity contribution in [2.75, 3.05) is 24.2 Å². The topological polar surface area (TPSA) is 73.6 Å². The zero-order chi connectivity index (χ0) is 15.1. The highest BCUT2D eigenvalue weighted by molar-refractivity contribution is 7.19. The molecule has 0 saturated heterocycles. The quantitative estimate of drug-likeness (QED) is 0.568. The van der Waals surface area contributed by atoms with Crippen molar-refractivity contribution in [3.05, 3.63) is 4.88 Å². The van der Waals surface area contributed by atoms with Gasteiger partial charge in [-0.3, -0.25) is 0 Å². The maximum atomic E-state index is 11.9. The fourth-order valence-electron chi connectivity index (χ4n) is 1.62. The van der Waals surface area contributed by atoms with E-state index in [0.717, 1.165) is 24.4 Å². The molecule has 0 bridgehead atoms. The molecule has 3 N–H and O–H groups in total. The zero-order valence-electron chi connectivity index (χ0n) is 12.6. The molecule has 0 unspecified atom stereocenters. The minimum absolute atomic E-state index is 0.00586. The van der Waals surface area contributed by atoms with Crippen LogP contribution in [0.5, 0.6) is 5.75 Å². The van der Waals surface area contributed by atoms with Gasteiger partial charge in [-0.05, 0) is 27.2 Å². The fourth-order valence-corrected chi connectivity index (χ4v) is 2.60. The normalized spacial score (nSPS) is 10.7. The number of nitrogens with two attached hydrogens (primary N) is 1. The Morgan fingerprint density at radius 3 is 2.65 bits per heavy atom. The van der Waals surface area contributed by atoms with Gasteiger partial charge < -0.3 is 20.5 Å². The Morgan fingerprint density at radius 1 is 1.40 bits per heavy atom. The van der Waals surface area contributed by atoms with E-state index in [-0.39, 0.29) is 6.10 Å². The second-order valence-corrected chi connectivity index (χ2v) is 5.69. The molecule has 0 radical (unpaired) electrons. The second-order valence-electron chi connectivity index (χ2n) is 4.67. The molecular weight excluding hydrogens is 276 g/mol. The third-order valence-corrected chi connectivity index (χ3v) is 3.65. The molecule has 1 heterocycles. The maximum absolute atomic E-state index is 11.9. The van der Waals surface area contributed by atoms with Crippen LogP contribution >= 0.6 is 11.3 Å². The van der Waals surface area contributed by atoms with E-state index in [2.05, 4.69) is 12.2 Å². The van der Waals surface area contributed by atoms with Crippen molar-refractivity contribution in [2.45, 2.75) is 46.6 Å². The van der Waals surface area contributed by atoms with E-state index < -0.39 is 5.97 Å². The number of hydrogen-bond donors (Lipinski definition) is 2. The van der Waals surface area contributed by atoms with Gasteiger partial charge in [0.25, 0.3) is 0 Å². The van der Waals surface area contributed by atoms with Crippen molar-refractivity contribution in [2.24, 2.45) is 0 Å². The molecule has 1 rings (SSSR count). The van der Waals surface area contributed by atoms with Crippen molar-refractivity contribution in [3.8, 4) is 5.75 Å². The minimum Gasteiger partial charge on any atom is -0.486 e. The van der Waals surface area contributed by atoms with Crippen molar-refractivity contribution in [3.63, 3.8) is 0 Å². The van der Waals surface area contributed by atoms with Crippen LogP contribution in [0, 0.1) is 0 Å². The number of anilines is 2. The molecule has 0 spiro atoms. The summed E-state index contributed by atoms with van der Waals surface area (Å²) in [7, 11) is 0. The standard InChI is InChI=1S/C14H24N2O3S/c1-5-7-8-16-13-11(19-9(3)4)10(15)12(20-13)14(17)18-6-2/h9,16H,5-8,15H2,1-4H3. The Bertz CT molecular complexity index is 444. The fraction of sp³-hybridized carbons (Fsp3) is 0.643. The van der Waals surface area contributed by atoms with Gasteiger partial charge in [-0.25, -0.2) is 4.79 Å². The van der Waals surface area contributed by atoms with Crippen molar-refractivity contribution in [1.82, 2.24) is 0 Å². The van der Waals surface area contributed by atoms with Crippen LogP contribution in [0.3, 0.4) is 0 Å². The van der Waals surface area contributed by atoms with E-state index in [1.807, 2.05) is 13.8 Å². The summed E-state index contributed by atoms with van der Waals surface area (Å²) in [5, 5.41) is 4.08. The number of rotatable bonds is 8. The van der Waals surface area contributed by atoms with Gasteiger partial charge in [0.2, 0.25) is 0 Å². The number of unbranched alkanes of at least 4 members (excludes halogenated alkanes) is 1. The molecule has 114 valence electrons. The second kappa shape index (κ2) is 7.99. The monoisotopic (exact) mass is 300 g/mol. The van der Waals surface area contributed by atoms with E-state index in [1.165, 1.54) is 11.3 Å². The molecule has 0 saturated carbocycles. The molecule has 0 fully saturated rings. The first-order chi connectivity index (χ1) is 9.51. The molecule has 0 aliphatic carbocycles. The van der Waals surface area contributed by atoms with Gasteiger partial charge in [-0.1, -0.05) is 13.3 Å². The predicted molar refractivity (Wildman–Crippen MR) is 83.8 cm³/mol. The largest absolute Gasteiger partial charge is 0.486 e. The van der Waals surface area contributed by atoms with Crippen molar-refractivity contribution < 1.29 is 14.3 Å². The molecule has 1 aromatic rings. The highest BCUT2D eigenvalue weighted by Crippen LogP contribution is 2.43. The smallest absolute Gasteiger partial charge is 0.350 e. The Balaban J connectivity index is 3.00. The number of carbonyl (C=O) groups is 1. The van der Waals surface area contributed by atoms with Crippen molar-refractivity contribution >= 4 is 28.0 Å². The first-order valence-electron chi connectivity index (χ1n) is 7.01. The molecule has 0 aliphatic heterocycles. The van der Waals surface area contributed by atoms with Crippen LogP contribution in [0.2, 0.25) is 0 Å². The summed E-state index contributed by atoms with van der Waals surface area (Å²) in [6, 6.07) is 0. The number of thiophene rings is 1. The molecule has 1 aromatic heterocycles. The van der Waals surface area contributed by atoms with Gasteiger partial charge in [-0.15, -0.1) is 11.3 Å². The molecule has 0 atom stereocenters. The lowest BCUT2D eigenvalue weighted by Gasteiger charge is -2.12. The highest BCUT2D eigenvalue weighted by atomic mass is 32.1. The van der Waals surface area contributed by atoms with Gasteiger partial charge >= 0.3 is 5.97 Å². The minimum atomic E-state index is -0.396. The molecule has 5 nitrogen and oxygen atoms in total. The van der Waals surface area contributed by atoms with Crippen LogP contribution in [0.1, 0.15) is 50.2 Å². The van der Waals surface area contributed by atoms with Gasteiger partial charge in [0.1, 0.15) is 15.6 Å². The Labute approximate surface area is 124 Å². The summed E-state index contributed by atoms with van der Waals surface area (Å²) in [4.78, 5) is 12.3. The number of ether oxygens (including phenoxy) is 2. The average molecular weight is 300 g/mol. The summed E-state index contributed by atoms with van der Waals surface area (Å²) in [5.74, 6) is 0.163. The van der Waals surface area contributed by atoms with Crippen LogP contribution in [0.15, 0.2) is 0 Å². The number of carbonyl (C=O) groups excluding carboxylic acids is 1. The molecular formula is C14H24N2O3S. The van der Waals surface area contributed by atoms with Crippen LogP contribution in [-0.4, -0.2) is 25.2 Å². The predicted octanol–water partition coefficient (Wildman–Crippen LogP) is 3.51. The lowest BCUT2D eigenvalue weighted by molar-refractivity contribution is 0.0533. The molecule has 0 amide bonds. The molecule has 6 heteroatoms. The third kappa shape index (κ3) is 4.30. The number of hydrogen-bond acceptors (Lipinski definition) is 6. The van der Waals surface area contributed by atoms with Crippen molar-refractivity contribution in [1.29, 1.82) is 0 Å². The summed E-state index contributed by atoms with van der Waals surface area (Å²) in [6.45, 7) is 8.91. The molecule has 20 heavy (non-hydrogen) atoms. The first-order valence-corrected chi connectivity index (χ1v) is 7.82. The zero-order valence-corrected chi connectivity index (χ0v) is 13.4. The van der Waals surface area contributed by atoms with E-state index in [0.29, 0.717) is 22.9 Å². The van der Waals surface area contributed by atoms with E-state index in [1.54, 1.807) is 6.92 Å². The number of nitrogen functional groups attached to an aromatic ring is 1. The van der Waals surface area contributed by atoms with Gasteiger partial charge in [0, 0.05) is 6.54 Å². The Morgan fingerprint density at radius 2 is 2.10 bits per heavy atom. The maximum Gasteiger partial charge on any atom is 0.350 e. The van der Waals surface area contributed by atoms with Gasteiger partial charge in [0.05, 0.1) is 12.7 Å². The van der Waals surface area contributed by atoms with Crippen LogP contribution < -0.4 is 15.8 Å². The van der Waals surface area contributed by atoms with Crippen LogP contribution in [-0.2, 0) is 4.74 Å². The number of nitrogens with one attached hydrogen (secondary N) is 1. The Hall–Kier alpha value is -1.43. The number of esters is 1. The molecule has 0 aliphatic rings. The third-order valence-electron chi connectivity index (χ3n) is 2.53. The molecule has 0 aromatic carbocycles. The van der Waals surface area contributed by atoms with Crippen LogP contribution in [0.4, 0.5) is 10.7 Å². The lowest BCUT2D eigenvalue weighted by Crippen LogP contribution is -2.10. The summed E-state index contributed by atoms with van der Waals surface area (Å²) < 4.78 is 10.7. The first kappa shape index (κ1) is 16.6. The summed E-state index contributed by atoms with van der Waals surface area (Å²) >= 11 is 1.29. The van der Waals surface area contributed by atoms with E-state index >= 15 is 0 Å². The van der Waals surface area contributed by atoms with Gasteiger partial charge in [0.15, 0.2) is 5.75 Å². The average Bonchev–Trinajstić information content (AvgIpc) is 2.68.